The minimum atomic E-state index is -0.241. The molecule has 2 aromatic rings. The summed E-state index contributed by atoms with van der Waals surface area (Å²) >= 11 is 0. The first-order valence-electron chi connectivity index (χ1n) is 5.77. The van der Waals surface area contributed by atoms with Crippen molar-refractivity contribution in [3.05, 3.63) is 53.5 Å². The highest BCUT2D eigenvalue weighted by molar-refractivity contribution is 5.59. The molecule has 94 valence electrons. The fourth-order valence-corrected chi connectivity index (χ4v) is 1.78. The SMILES string of the molecule is Cc1nc(N(C)c2ccc(F)cc2)ccc1CN. The van der Waals surface area contributed by atoms with Gasteiger partial charge in [0.1, 0.15) is 11.6 Å². The van der Waals surface area contributed by atoms with Gasteiger partial charge in [-0.05, 0) is 42.8 Å². The molecule has 0 aliphatic rings. The van der Waals surface area contributed by atoms with E-state index in [1.165, 1.54) is 12.1 Å². The maximum absolute atomic E-state index is 12.9. The van der Waals surface area contributed by atoms with Crippen LogP contribution < -0.4 is 10.6 Å². The van der Waals surface area contributed by atoms with Gasteiger partial charge in [0.05, 0.1) is 0 Å². The molecule has 0 aliphatic carbocycles. The highest BCUT2D eigenvalue weighted by atomic mass is 19.1. The lowest BCUT2D eigenvalue weighted by molar-refractivity contribution is 0.628. The summed E-state index contributed by atoms with van der Waals surface area (Å²) in [6, 6.07) is 10.2. The lowest BCUT2D eigenvalue weighted by atomic mass is 10.2. The Hall–Kier alpha value is -1.94. The molecule has 1 aromatic heterocycles. The van der Waals surface area contributed by atoms with Gasteiger partial charge in [-0.25, -0.2) is 9.37 Å². The Bertz CT molecular complexity index is 537. The van der Waals surface area contributed by atoms with E-state index in [0.717, 1.165) is 22.8 Å². The van der Waals surface area contributed by atoms with Gasteiger partial charge in [-0.2, -0.15) is 0 Å². The smallest absolute Gasteiger partial charge is 0.132 e. The molecule has 18 heavy (non-hydrogen) atoms. The summed E-state index contributed by atoms with van der Waals surface area (Å²) in [6.45, 7) is 2.42. The molecule has 0 aliphatic heterocycles. The second-order valence-corrected chi connectivity index (χ2v) is 4.15. The first kappa shape index (κ1) is 12.5. The molecule has 0 saturated carbocycles. The van der Waals surface area contributed by atoms with Gasteiger partial charge in [-0.3, -0.25) is 0 Å². The van der Waals surface area contributed by atoms with Gasteiger partial charge in [0.25, 0.3) is 0 Å². The van der Waals surface area contributed by atoms with Crippen LogP contribution in [0.4, 0.5) is 15.9 Å². The molecule has 1 aromatic carbocycles. The van der Waals surface area contributed by atoms with E-state index in [1.807, 2.05) is 31.0 Å². The lowest BCUT2D eigenvalue weighted by Gasteiger charge is -2.19. The largest absolute Gasteiger partial charge is 0.329 e. The first-order chi connectivity index (χ1) is 8.61. The zero-order chi connectivity index (χ0) is 13.1. The molecule has 3 nitrogen and oxygen atoms in total. The Balaban J connectivity index is 2.31. The number of rotatable bonds is 3. The molecule has 0 fully saturated rings. The lowest BCUT2D eigenvalue weighted by Crippen LogP contribution is -2.12. The molecule has 1 heterocycles. The summed E-state index contributed by atoms with van der Waals surface area (Å²) in [5.74, 6) is 0.575. The van der Waals surface area contributed by atoms with E-state index in [1.54, 1.807) is 12.1 Å². The van der Waals surface area contributed by atoms with Crippen LogP contribution in [0.15, 0.2) is 36.4 Å². The topological polar surface area (TPSA) is 42.2 Å². The second-order valence-electron chi connectivity index (χ2n) is 4.15. The van der Waals surface area contributed by atoms with Gasteiger partial charge < -0.3 is 10.6 Å². The van der Waals surface area contributed by atoms with Crippen molar-refractivity contribution in [2.45, 2.75) is 13.5 Å². The van der Waals surface area contributed by atoms with E-state index in [0.29, 0.717) is 6.54 Å². The van der Waals surface area contributed by atoms with Crippen molar-refractivity contribution in [1.82, 2.24) is 4.98 Å². The molecule has 0 bridgehead atoms. The van der Waals surface area contributed by atoms with Gasteiger partial charge in [0, 0.05) is 25.0 Å². The van der Waals surface area contributed by atoms with Crippen LogP contribution in [0.3, 0.4) is 0 Å². The van der Waals surface area contributed by atoms with Crippen LogP contribution in [0, 0.1) is 12.7 Å². The Labute approximate surface area is 106 Å². The molecular weight excluding hydrogens is 229 g/mol. The molecule has 0 radical (unpaired) electrons. The summed E-state index contributed by atoms with van der Waals surface area (Å²) in [4.78, 5) is 6.40. The number of nitrogens with two attached hydrogens (primary N) is 1. The Morgan fingerprint density at radius 2 is 1.83 bits per heavy atom. The fraction of sp³-hybridized carbons (Fsp3) is 0.214. The summed E-state index contributed by atoms with van der Waals surface area (Å²) in [7, 11) is 1.90. The molecule has 4 heteroatoms. The van der Waals surface area contributed by atoms with E-state index in [4.69, 9.17) is 5.73 Å². The average molecular weight is 245 g/mol. The predicted molar refractivity (Wildman–Crippen MR) is 71.3 cm³/mol. The van der Waals surface area contributed by atoms with Crippen LogP contribution in [-0.2, 0) is 6.54 Å². The van der Waals surface area contributed by atoms with Gasteiger partial charge >= 0.3 is 0 Å². The first-order valence-corrected chi connectivity index (χ1v) is 5.77. The van der Waals surface area contributed by atoms with Gasteiger partial charge in [-0.15, -0.1) is 0 Å². The van der Waals surface area contributed by atoms with Gasteiger partial charge in [-0.1, -0.05) is 6.07 Å². The Morgan fingerprint density at radius 1 is 1.17 bits per heavy atom. The number of hydrogen-bond donors (Lipinski definition) is 1. The summed E-state index contributed by atoms with van der Waals surface area (Å²) < 4.78 is 12.9. The van der Waals surface area contributed by atoms with E-state index in [2.05, 4.69) is 4.98 Å². The summed E-state index contributed by atoms with van der Waals surface area (Å²) in [5, 5.41) is 0. The maximum Gasteiger partial charge on any atom is 0.132 e. The van der Waals surface area contributed by atoms with Crippen molar-refractivity contribution in [3.63, 3.8) is 0 Å². The Kier molecular flexibility index (Phi) is 3.58. The standard InChI is InChI=1S/C14H16FN3/c1-10-11(9-16)3-8-14(17-10)18(2)13-6-4-12(15)5-7-13/h3-8H,9,16H2,1-2H3. The highest BCUT2D eigenvalue weighted by Gasteiger charge is 2.07. The predicted octanol–water partition coefficient (Wildman–Crippen LogP) is 2.76. The molecule has 0 saturated heterocycles. The van der Waals surface area contributed by atoms with Crippen LogP contribution in [0.5, 0.6) is 0 Å². The van der Waals surface area contributed by atoms with E-state index < -0.39 is 0 Å². The number of aryl methyl sites for hydroxylation is 1. The molecular formula is C14H16FN3. The van der Waals surface area contributed by atoms with Crippen LogP contribution in [-0.4, -0.2) is 12.0 Å². The number of hydrogen-bond acceptors (Lipinski definition) is 3. The molecule has 0 spiro atoms. The second kappa shape index (κ2) is 5.14. The van der Waals surface area contributed by atoms with Gasteiger partial charge in [0.2, 0.25) is 0 Å². The minimum Gasteiger partial charge on any atom is -0.329 e. The zero-order valence-electron chi connectivity index (χ0n) is 10.5. The number of pyridine rings is 1. The third-order valence-electron chi connectivity index (χ3n) is 2.96. The van der Waals surface area contributed by atoms with Crippen molar-refractivity contribution >= 4 is 11.5 Å². The zero-order valence-corrected chi connectivity index (χ0v) is 10.5. The van der Waals surface area contributed by atoms with Crippen LogP contribution in [0.25, 0.3) is 0 Å². The number of halogens is 1. The average Bonchev–Trinajstić information content (AvgIpc) is 2.38. The number of benzene rings is 1. The van der Waals surface area contributed by atoms with Crippen LogP contribution in [0.2, 0.25) is 0 Å². The van der Waals surface area contributed by atoms with Gasteiger partial charge in [0.15, 0.2) is 0 Å². The van der Waals surface area contributed by atoms with E-state index in [-0.39, 0.29) is 5.82 Å². The van der Waals surface area contributed by atoms with Crippen LogP contribution >= 0.6 is 0 Å². The van der Waals surface area contributed by atoms with E-state index >= 15 is 0 Å². The number of anilines is 2. The van der Waals surface area contributed by atoms with Crippen molar-refractivity contribution in [3.8, 4) is 0 Å². The third-order valence-corrected chi connectivity index (χ3v) is 2.96. The van der Waals surface area contributed by atoms with Crippen LogP contribution in [0.1, 0.15) is 11.3 Å². The molecule has 0 atom stereocenters. The minimum absolute atomic E-state index is 0.241. The van der Waals surface area contributed by atoms with E-state index in [9.17, 15) is 4.39 Å². The molecule has 0 amide bonds. The summed E-state index contributed by atoms with van der Waals surface area (Å²) in [5.41, 5.74) is 8.46. The maximum atomic E-state index is 12.9. The molecule has 0 unspecified atom stereocenters. The van der Waals surface area contributed by atoms with Crippen molar-refractivity contribution < 1.29 is 4.39 Å². The van der Waals surface area contributed by atoms with Crippen molar-refractivity contribution in [1.29, 1.82) is 0 Å². The molecule has 2 rings (SSSR count). The fourth-order valence-electron chi connectivity index (χ4n) is 1.78. The quantitative estimate of drug-likeness (QED) is 0.904. The number of nitrogens with zero attached hydrogens (tertiary/aromatic N) is 2. The highest BCUT2D eigenvalue weighted by Crippen LogP contribution is 2.22. The Morgan fingerprint density at radius 3 is 2.39 bits per heavy atom. The monoisotopic (exact) mass is 245 g/mol. The number of aromatic nitrogens is 1. The molecule has 2 N–H and O–H groups in total. The normalized spacial score (nSPS) is 10.4. The van der Waals surface area contributed by atoms with Crippen molar-refractivity contribution in [2.24, 2.45) is 5.73 Å². The van der Waals surface area contributed by atoms with Crippen molar-refractivity contribution in [2.75, 3.05) is 11.9 Å². The summed E-state index contributed by atoms with van der Waals surface area (Å²) in [6.07, 6.45) is 0. The third kappa shape index (κ3) is 2.49.